The van der Waals surface area contributed by atoms with Crippen LogP contribution >= 0.6 is 0 Å². The van der Waals surface area contributed by atoms with Gasteiger partial charge in [0.15, 0.2) is 0 Å². The second-order valence-electron chi connectivity index (χ2n) is 6.63. The van der Waals surface area contributed by atoms with Crippen molar-refractivity contribution in [3.8, 4) is 0 Å². The lowest BCUT2D eigenvalue weighted by atomic mass is 10.1. The van der Waals surface area contributed by atoms with Crippen molar-refractivity contribution in [3.05, 3.63) is 0 Å². The first-order valence-electron chi connectivity index (χ1n) is 9.68. The predicted molar refractivity (Wildman–Crippen MR) is 102 cm³/mol. The van der Waals surface area contributed by atoms with E-state index in [9.17, 15) is 29.1 Å². The first-order valence-corrected chi connectivity index (χ1v) is 9.68. The molecule has 6 N–H and O–H groups in total. The van der Waals surface area contributed by atoms with Gasteiger partial charge in [-0.15, -0.1) is 0 Å². The third-order valence-corrected chi connectivity index (χ3v) is 4.12. The van der Waals surface area contributed by atoms with Gasteiger partial charge in [-0.1, -0.05) is 32.6 Å². The fourth-order valence-corrected chi connectivity index (χ4v) is 2.46. The van der Waals surface area contributed by atoms with Gasteiger partial charge in [-0.05, 0) is 19.3 Å². The Morgan fingerprint density at radius 2 is 1.28 bits per heavy atom. The molecular formula is C18H31N3O8. The van der Waals surface area contributed by atoms with Crippen LogP contribution in [0.4, 0.5) is 4.79 Å². The van der Waals surface area contributed by atoms with E-state index in [1.807, 2.05) is 5.32 Å². The monoisotopic (exact) mass is 417 g/mol. The lowest BCUT2D eigenvalue weighted by molar-refractivity contribution is -0.141. The second-order valence-corrected chi connectivity index (χ2v) is 6.63. The molecule has 0 aliphatic carbocycles. The number of carbonyl (C=O) groups excluding carboxylic acids is 2. The van der Waals surface area contributed by atoms with Crippen molar-refractivity contribution < 1.29 is 39.3 Å². The van der Waals surface area contributed by atoms with Crippen molar-refractivity contribution in [2.75, 3.05) is 6.54 Å². The Balaban J connectivity index is 4.36. The maximum atomic E-state index is 11.9. The zero-order chi connectivity index (χ0) is 22.2. The summed E-state index contributed by atoms with van der Waals surface area (Å²) in [4.78, 5) is 56.5. The fourth-order valence-electron chi connectivity index (χ4n) is 2.46. The average molecular weight is 417 g/mol. The van der Waals surface area contributed by atoms with Crippen LogP contribution in [-0.2, 0) is 19.2 Å². The zero-order valence-electron chi connectivity index (χ0n) is 16.6. The van der Waals surface area contributed by atoms with Gasteiger partial charge in [-0.3, -0.25) is 9.59 Å². The molecular weight excluding hydrogens is 386 g/mol. The molecule has 11 nitrogen and oxygen atoms in total. The van der Waals surface area contributed by atoms with Crippen molar-refractivity contribution in [1.82, 2.24) is 16.0 Å². The highest BCUT2D eigenvalue weighted by Crippen LogP contribution is 2.03. The van der Waals surface area contributed by atoms with E-state index in [1.165, 1.54) is 0 Å². The third kappa shape index (κ3) is 13.9. The number of unbranched alkanes of at least 4 members (excludes halogenated alkanes) is 4. The average Bonchev–Trinajstić information content (AvgIpc) is 2.64. The Morgan fingerprint density at radius 3 is 1.76 bits per heavy atom. The van der Waals surface area contributed by atoms with Crippen LogP contribution in [0, 0.1) is 0 Å². The molecule has 0 rings (SSSR count). The number of hydrogen-bond donors (Lipinski definition) is 6. The number of nitrogens with one attached hydrogen (secondary N) is 3. The molecule has 0 saturated heterocycles. The lowest BCUT2D eigenvalue weighted by Crippen LogP contribution is -2.51. The summed E-state index contributed by atoms with van der Waals surface area (Å²) >= 11 is 0. The lowest BCUT2D eigenvalue weighted by Gasteiger charge is -2.18. The molecule has 0 aliphatic heterocycles. The zero-order valence-corrected chi connectivity index (χ0v) is 16.6. The van der Waals surface area contributed by atoms with E-state index in [0.717, 1.165) is 32.1 Å². The molecule has 29 heavy (non-hydrogen) atoms. The molecule has 0 bridgehead atoms. The van der Waals surface area contributed by atoms with Crippen LogP contribution < -0.4 is 16.0 Å². The summed E-state index contributed by atoms with van der Waals surface area (Å²) in [6, 6.07) is -3.93. The van der Waals surface area contributed by atoms with Gasteiger partial charge in [-0.25, -0.2) is 14.4 Å². The van der Waals surface area contributed by atoms with Gasteiger partial charge in [0, 0.05) is 19.4 Å². The third-order valence-electron chi connectivity index (χ3n) is 4.12. The number of amides is 3. The Morgan fingerprint density at radius 1 is 0.759 bits per heavy atom. The summed E-state index contributed by atoms with van der Waals surface area (Å²) in [6.45, 7) is 2.60. The summed E-state index contributed by atoms with van der Waals surface area (Å²) in [5.74, 6) is -4.37. The maximum absolute atomic E-state index is 11.9. The molecule has 0 heterocycles. The topological polar surface area (TPSA) is 182 Å². The van der Waals surface area contributed by atoms with E-state index in [0.29, 0.717) is 6.54 Å². The molecule has 0 unspecified atom stereocenters. The van der Waals surface area contributed by atoms with Gasteiger partial charge in [0.2, 0.25) is 5.91 Å². The van der Waals surface area contributed by atoms with Crippen molar-refractivity contribution in [2.24, 2.45) is 0 Å². The van der Waals surface area contributed by atoms with E-state index >= 15 is 0 Å². The smallest absolute Gasteiger partial charge is 0.326 e. The van der Waals surface area contributed by atoms with Crippen LogP contribution in [0.5, 0.6) is 0 Å². The van der Waals surface area contributed by atoms with Gasteiger partial charge in [0.1, 0.15) is 12.1 Å². The minimum atomic E-state index is -1.48. The minimum Gasteiger partial charge on any atom is -0.481 e. The van der Waals surface area contributed by atoms with Crippen molar-refractivity contribution in [2.45, 2.75) is 76.8 Å². The standard InChI is InChI=1S/C18H31N3O8/c1-2-3-4-5-6-11-19-14(22)9-7-12(16(25)26)20-18(29)21-13(17(27)28)8-10-15(23)24/h12-13H,2-11H2,1H3,(H,19,22)(H,23,24)(H,25,26)(H,27,28)(H2,20,21,29)/t12-,13-/m0/s1. The van der Waals surface area contributed by atoms with E-state index in [2.05, 4.69) is 17.6 Å². The van der Waals surface area contributed by atoms with Gasteiger partial charge in [0.25, 0.3) is 0 Å². The SMILES string of the molecule is CCCCCCCNC(=O)CC[C@H](NC(=O)N[C@@H](CCC(=O)O)C(=O)O)C(=O)O. The van der Waals surface area contributed by atoms with E-state index in [4.69, 9.17) is 10.2 Å². The Hall–Kier alpha value is -2.85. The predicted octanol–water partition coefficient (Wildman–Crippen LogP) is 0.924. The van der Waals surface area contributed by atoms with Crippen LogP contribution in [0.2, 0.25) is 0 Å². The normalized spacial score (nSPS) is 12.4. The van der Waals surface area contributed by atoms with Gasteiger partial charge >= 0.3 is 23.9 Å². The number of carboxylic acids is 3. The van der Waals surface area contributed by atoms with Gasteiger partial charge in [0.05, 0.1) is 0 Å². The molecule has 0 fully saturated rings. The Labute approximate surface area is 169 Å². The van der Waals surface area contributed by atoms with Crippen LogP contribution in [0.15, 0.2) is 0 Å². The highest BCUT2D eigenvalue weighted by Gasteiger charge is 2.25. The van der Waals surface area contributed by atoms with E-state index in [-0.39, 0.29) is 25.2 Å². The second kappa shape index (κ2) is 15.1. The van der Waals surface area contributed by atoms with Crippen LogP contribution in [0.3, 0.4) is 0 Å². The fraction of sp³-hybridized carbons (Fsp3) is 0.722. The van der Waals surface area contributed by atoms with Gasteiger partial charge < -0.3 is 31.3 Å². The Kier molecular flexibility index (Phi) is 13.6. The number of carboxylic acid groups (broad SMARTS) is 3. The van der Waals surface area contributed by atoms with Crippen LogP contribution in [0.1, 0.15) is 64.7 Å². The summed E-state index contributed by atoms with van der Waals surface area (Å²) in [5.41, 5.74) is 0. The first kappa shape index (κ1) is 26.1. The van der Waals surface area contributed by atoms with Crippen molar-refractivity contribution in [3.63, 3.8) is 0 Å². The molecule has 0 spiro atoms. The molecule has 3 amide bonds. The van der Waals surface area contributed by atoms with Crippen molar-refractivity contribution >= 4 is 29.8 Å². The number of urea groups is 1. The number of hydrogen-bond acceptors (Lipinski definition) is 5. The van der Waals surface area contributed by atoms with Crippen LogP contribution in [-0.4, -0.2) is 63.8 Å². The molecule has 0 aromatic rings. The summed E-state index contributed by atoms with van der Waals surface area (Å²) in [7, 11) is 0. The molecule has 0 aromatic carbocycles. The first-order chi connectivity index (χ1) is 13.7. The highest BCUT2D eigenvalue weighted by molar-refractivity contribution is 5.86. The van der Waals surface area contributed by atoms with Gasteiger partial charge in [-0.2, -0.15) is 0 Å². The number of aliphatic carboxylic acids is 3. The molecule has 11 heteroatoms. The molecule has 2 atom stereocenters. The maximum Gasteiger partial charge on any atom is 0.326 e. The van der Waals surface area contributed by atoms with E-state index in [1.54, 1.807) is 0 Å². The van der Waals surface area contributed by atoms with E-state index < -0.39 is 42.4 Å². The molecule has 0 aliphatic rings. The summed E-state index contributed by atoms with van der Waals surface area (Å²) < 4.78 is 0. The summed E-state index contributed by atoms with van der Waals surface area (Å²) in [5, 5.41) is 33.6. The van der Waals surface area contributed by atoms with Crippen molar-refractivity contribution in [1.29, 1.82) is 0 Å². The molecule has 0 saturated carbocycles. The summed E-state index contributed by atoms with van der Waals surface area (Å²) in [6.07, 6.45) is 4.08. The largest absolute Gasteiger partial charge is 0.481 e. The number of rotatable bonds is 16. The molecule has 0 radical (unpaired) electrons. The molecule has 166 valence electrons. The minimum absolute atomic E-state index is 0.117. The number of carbonyl (C=O) groups is 5. The highest BCUT2D eigenvalue weighted by atomic mass is 16.4. The quantitative estimate of drug-likeness (QED) is 0.200. The molecule has 0 aromatic heterocycles. The van der Waals surface area contributed by atoms with Crippen LogP contribution in [0.25, 0.3) is 0 Å². The Bertz CT molecular complexity index is 567.